The van der Waals surface area contributed by atoms with E-state index in [-0.39, 0.29) is 0 Å². The van der Waals surface area contributed by atoms with Crippen molar-refractivity contribution in [3.05, 3.63) is 11.4 Å². The van der Waals surface area contributed by atoms with E-state index in [1.807, 2.05) is 0 Å². The highest BCUT2D eigenvalue weighted by atomic mass is 32.2. The van der Waals surface area contributed by atoms with Crippen LogP contribution in [0.4, 0.5) is 0 Å². The van der Waals surface area contributed by atoms with E-state index in [9.17, 15) is 8.42 Å². The second kappa shape index (κ2) is 5.83. The second-order valence-corrected chi connectivity index (χ2v) is 7.41. The van der Waals surface area contributed by atoms with E-state index in [0.717, 1.165) is 19.5 Å². The summed E-state index contributed by atoms with van der Waals surface area (Å²) < 4.78 is 29.3. The summed E-state index contributed by atoms with van der Waals surface area (Å²) in [7, 11) is -1.72. The quantitative estimate of drug-likeness (QED) is 0.852. The van der Waals surface area contributed by atoms with Crippen molar-refractivity contribution in [3.63, 3.8) is 0 Å². The molecule has 2 heterocycles. The lowest BCUT2D eigenvalue weighted by Gasteiger charge is -2.29. The molecule has 6 nitrogen and oxygen atoms in total. The van der Waals surface area contributed by atoms with Crippen LogP contribution in [0.5, 0.6) is 0 Å². The van der Waals surface area contributed by atoms with Crippen LogP contribution < -0.4 is 10.0 Å². The third-order valence-electron chi connectivity index (χ3n) is 4.21. The van der Waals surface area contributed by atoms with Crippen molar-refractivity contribution >= 4 is 10.0 Å². The van der Waals surface area contributed by atoms with Gasteiger partial charge in [-0.15, -0.1) is 0 Å². The van der Waals surface area contributed by atoms with Crippen LogP contribution >= 0.6 is 0 Å². The van der Waals surface area contributed by atoms with Gasteiger partial charge in [-0.2, -0.15) is 5.10 Å². The minimum atomic E-state index is -3.48. The zero-order valence-corrected chi connectivity index (χ0v) is 13.4. The van der Waals surface area contributed by atoms with Crippen molar-refractivity contribution in [3.8, 4) is 0 Å². The molecular formula is C13H24N4O2S. The van der Waals surface area contributed by atoms with E-state index in [1.54, 1.807) is 25.6 Å². The predicted molar refractivity (Wildman–Crippen MR) is 78.0 cm³/mol. The number of hydrogen-bond acceptors (Lipinski definition) is 4. The summed E-state index contributed by atoms with van der Waals surface area (Å²) in [6.45, 7) is 8.08. The minimum absolute atomic E-state index is 0.321. The number of piperidine rings is 1. The van der Waals surface area contributed by atoms with Crippen LogP contribution in [0, 0.1) is 25.7 Å². The monoisotopic (exact) mass is 300 g/mol. The van der Waals surface area contributed by atoms with Gasteiger partial charge in [-0.25, -0.2) is 13.1 Å². The topological polar surface area (TPSA) is 76.0 Å². The molecule has 1 aromatic heterocycles. The molecule has 1 aliphatic heterocycles. The highest BCUT2D eigenvalue weighted by Crippen LogP contribution is 2.21. The number of nitrogens with one attached hydrogen (secondary N) is 2. The Bertz CT molecular complexity index is 579. The van der Waals surface area contributed by atoms with Gasteiger partial charge in [-0.3, -0.25) is 4.68 Å². The Morgan fingerprint density at radius 1 is 1.45 bits per heavy atom. The molecule has 1 aliphatic rings. The van der Waals surface area contributed by atoms with E-state index < -0.39 is 10.0 Å². The first-order valence-corrected chi connectivity index (χ1v) is 8.52. The van der Waals surface area contributed by atoms with Gasteiger partial charge in [-0.05, 0) is 45.2 Å². The molecule has 0 saturated carbocycles. The van der Waals surface area contributed by atoms with Crippen LogP contribution in [0.2, 0.25) is 0 Å². The summed E-state index contributed by atoms with van der Waals surface area (Å²) in [5.74, 6) is 0.880. The maximum atomic E-state index is 12.5. The number of sulfonamides is 1. The summed E-state index contributed by atoms with van der Waals surface area (Å²) >= 11 is 0. The number of aryl methyl sites for hydroxylation is 2. The fourth-order valence-corrected chi connectivity index (χ4v) is 4.33. The Morgan fingerprint density at radius 3 is 2.70 bits per heavy atom. The van der Waals surface area contributed by atoms with Crippen molar-refractivity contribution in [2.24, 2.45) is 18.9 Å². The zero-order valence-electron chi connectivity index (χ0n) is 12.6. The highest BCUT2D eigenvalue weighted by molar-refractivity contribution is 7.89. The molecule has 1 saturated heterocycles. The first kappa shape index (κ1) is 15.5. The van der Waals surface area contributed by atoms with E-state index in [1.165, 1.54) is 0 Å². The molecule has 0 spiro atoms. The van der Waals surface area contributed by atoms with Crippen LogP contribution in [-0.4, -0.2) is 37.8 Å². The number of aromatic nitrogens is 2. The maximum Gasteiger partial charge on any atom is 0.244 e. The first-order chi connectivity index (χ1) is 9.33. The second-order valence-electron chi connectivity index (χ2n) is 5.71. The van der Waals surface area contributed by atoms with Gasteiger partial charge in [0.2, 0.25) is 10.0 Å². The number of rotatable bonds is 4. The normalized spacial score (nSPS) is 24.0. The molecule has 20 heavy (non-hydrogen) atoms. The van der Waals surface area contributed by atoms with Crippen LogP contribution in [0.15, 0.2) is 4.90 Å². The van der Waals surface area contributed by atoms with Crippen LogP contribution in [0.3, 0.4) is 0 Å². The van der Waals surface area contributed by atoms with Gasteiger partial charge in [0.05, 0.1) is 11.4 Å². The van der Waals surface area contributed by atoms with Crippen LogP contribution in [-0.2, 0) is 17.1 Å². The fraction of sp³-hybridized carbons (Fsp3) is 0.769. The molecule has 0 amide bonds. The van der Waals surface area contributed by atoms with Gasteiger partial charge in [0.25, 0.3) is 0 Å². The molecule has 0 aliphatic carbocycles. The van der Waals surface area contributed by atoms with Crippen LogP contribution in [0.25, 0.3) is 0 Å². The van der Waals surface area contributed by atoms with Crippen molar-refractivity contribution < 1.29 is 8.42 Å². The minimum Gasteiger partial charge on any atom is -0.316 e. The summed E-state index contributed by atoms with van der Waals surface area (Å²) in [5.41, 5.74) is 1.23. The summed E-state index contributed by atoms with van der Waals surface area (Å²) in [5, 5.41) is 7.50. The Hall–Kier alpha value is -0.920. The van der Waals surface area contributed by atoms with Gasteiger partial charge in [0, 0.05) is 13.6 Å². The Labute approximate surface area is 121 Å². The molecule has 114 valence electrons. The van der Waals surface area contributed by atoms with Gasteiger partial charge < -0.3 is 5.32 Å². The highest BCUT2D eigenvalue weighted by Gasteiger charge is 2.27. The lowest BCUT2D eigenvalue weighted by Crippen LogP contribution is -2.41. The first-order valence-electron chi connectivity index (χ1n) is 7.03. The molecule has 2 unspecified atom stereocenters. The molecule has 1 fully saturated rings. The van der Waals surface area contributed by atoms with Gasteiger partial charge in [0.1, 0.15) is 4.90 Å². The average molecular weight is 300 g/mol. The fourth-order valence-electron chi connectivity index (χ4n) is 2.80. The molecule has 1 aromatic rings. The third kappa shape index (κ3) is 3.05. The van der Waals surface area contributed by atoms with E-state index in [0.29, 0.717) is 34.7 Å². The summed E-state index contributed by atoms with van der Waals surface area (Å²) in [6, 6.07) is 0. The summed E-state index contributed by atoms with van der Waals surface area (Å²) in [6.07, 6.45) is 1.01. The van der Waals surface area contributed by atoms with E-state index >= 15 is 0 Å². The Kier molecular flexibility index (Phi) is 4.51. The van der Waals surface area contributed by atoms with Crippen molar-refractivity contribution in [1.82, 2.24) is 19.8 Å². The average Bonchev–Trinajstić information content (AvgIpc) is 2.62. The van der Waals surface area contributed by atoms with Gasteiger partial charge >= 0.3 is 0 Å². The Morgan fingerprint density at radius 2 is 2.15 bits per heavy atom. The van der Waals surface area contributed by atoms with Gasteiger partial charge in [-0.1, -0.05) is 6.92 Å². The third-order valence-corrected chi connectivity index (χ3v) is 5.88. The number of nitrogens with zero attached hydrogens (tertiary/aromatic N) is 2. The zero-order chi connectivity index (χ0) is 14.9. The lowest BCUT2D eigenvalue weighted by molar-refractivity contribution is 0.274. The van der Waals surface area contributed by atoms with Crippen molar-refractivity contribution in [2.45, 2.75) is 32.1 Å². The summed E-state index contributed by atoms with van der Waals surface area (Å²) in [4.78, 5) is 0.321. The molecule has 0 aromatic carbocycles. The predicted octanol–water partition coefficient (Wildman–Crippen LogP) is 0.561. The molecule has 7 heteroatoms. The molecule has 2 atom stereocenters. The smallest absolute Gasteiger partial charge is 0.244 e. The number of hydrogen-bond donors (Lipinski definition) is 2. The van der Waals surface area contributed by atoms with E-state index in [4.69, 9.17) is 0 Å². The molecular weight excluding hydrogens is 276 g/mol. The molecule has 2 N–H and O–H groups in total. The molecule has 0 bridgehead atoms. The van der Waals surface area contributed by atoms with E-state index in [2.05, 4.69) is 22.1 Å². The lowest BCUT2D eigenvalue weighted by atomic mass is 9.88. The molecule has 2 rings (SSSR count). The largest absolute Gasteiger partial charge is 0.316 e. The molecule has 0 radical (unpaired) electrons. The SMILES string of the molecule is Cc1nn(C)c(C)c1S(=O)(=O)NCC1CCNCC1C. The standard InChI is InChI=1S/C13H24N4O2S/c1-9-7-14-6-5-12(9)8-15-20(18,19)13-10(2)16-17(4)11(13)3/h9,12,14-15H,5-8H2,1-4H3. The van der Waals surface area contributed by atoms with Crippen LogP contribution in [0.1, 0.15) is 24.7 Å². The van der Waals surface area contributed by atoms with Gasteiger partial charge in [0.15, 0.2) is 0 Å². The van der Waals surface area contributed by atoms with Crippen molar-refractivity contribution in [1.29, 1.82) is 0 Å². The Balaban J connectivity index is 2.11. The maximum absolute atomic E-state index is 12.5. The van der Waals surface area contributed by atoms with Crippen molar-refractivity contribution in [2.75, 3.05) is 19.6 Å².